The summed E-state index contributed by atoms with van der Waals surface area (Å²) >= 11 is 0. The molecule has 0 saturated carbocycles. The highest BCUT2D eigenvalue weighted by Gasteiger charge is 2.33. The number of aliphatic hydroxyl groups is 1. The molecule has 6 N–H and O–H groups in total. The molecule has 19 heavy (non-hydrogen) atoms. The van der Waals surface area contributed by atoms with Crippen molar-refractivity contribution in [2.75, 3.05) is 0 Å². The molecule has 0 aliphatic rings. The first-order valence-corrected chi connectivity index (χ1v) is 6.53. The van der Waals surface area contributed by atoms with Crippen LogP contribution in [0.25, 0.3) is 0 Å². The molecule has 6 nitrogen and oxygen atoms in total. The van der Waals surface area contributed by atoms with Crippen LogP contribution in [0.1, 0.15) is 46.5 Å². The van der Waals surface area contributed by atoms with Crippen molar-refractivity contribution in [3.05, 3.63) is 0 Å². The highest BCUT2D eigenvalue weighted by atomic mass is 16.4. The van der Waals surface area contributed by atoms with Crippen molar-refractivity contribution in [2.45, 2.75) is 64.1 Å². The predicted molar refractivity (Wildman–Crippen MR) is 72.5 cm³/mol. The van der Waals surface area contributed by atoms with Gasteiger partial charge in [0.2, 0.25) is 0 Å². The number of hydrogen-bond acceptors (Lipinski definition) is 5. The molecule has 0 amide bonds. The molecule has 0 heterocycles. The second-order valence-electron chi connectivity index (χ2n) is 5.84. The van der Waals surface area contributed by atoms with E-state index in [1.807, 2.05) is 13.8 Å². The topological polar surface area (TPSA) is 127 Å². The fraction of sp³-hybridized carbons (Fsp3) is 0.846. The number of carbonyl (C=O) groups excluding carboxylic acids is 1. The third-order valence-electron chi connectivity index (χ3n) is 3.14. The van der Waals surface area contributed by atoms with E-state index in [1.54, 1.807) is 6.92 Å². The Kier molecular flexibility index (Phi) is 7.18. The minimum atomic E-state index is -1.13. The number of aliphatic carboxylic acids is 1. The molecule has 0 rings (SSSR count). The zero-order valence-electron chi connectivity index (χ0n) is 11.9. The zero-order valence-corrected chi connectivity index (χ0v) is 11.9. The van der Waals surface area contributed by atoms with Crippen LogP contribution < -0.4 is 11.5 Å². The first-order chi connectivity index (χ1) is 8.56. The summed E-state index contributed by atoms with van der Waals surface area (Å²) in [4.78, 5) is 22.2. The van der Waals surface area contributed by atoms with Crippen molar-refractivity contribution in [2.24, 2.45) is 17.4 Å². The lowest BCUT2D eigenvalue weighted by Gasteiger charge is -2.31. The van der Waals surface area contributed by atoms with E-state index >= 15 is 0 Å². The van der Waals surface area contributed by atoms with Crippen molar-refractivity contribution >= 4 is 11.8 Å². The highest BCUT2D eigenvalue weighted by Crippen LogP contribution is 2.19. The van der Waals surface area contributed by atoms with Gasteiger partial charge in [-0.2, -0.15) is 0 Å². The Bertz CT molecular complexity index is 316. The van der Waals surface area contributed by atoms with Gasteiger partial charge in [0.05, 0.1) is 18.6 Å². The Balaban J connectivity index is 4.41. The van der Waals surface area contributed by atoms with Crippen LogP contribution in [0.4, 0.5) is 0 Å². The predicted octanol–water partition coefficient (Wildman–Crippen LogP) is 0.262. The summed E-state index contributed by atoms with van der Waals surface area (Å²) in [6, 6.07) is -1.07. The van der Waals surface area contributed by atoms with Crippen molar-refractivity contribution in [1.29, 1.82) is 0 Å². The molecule has 112 valence electrons. The molecule has 0 aromatic rings. The molecule has 0 radical (unpaired) electrons. The summed E-state index contributed by atoms with van der Waals surface area (Å²) < 4.78 is 0. The van der Waals surface area contributed by atoms with Gasteiger partial charge in [-0.05, 0) is 25.7 Å². The molecular weight excluding hydrogens is 248 g/mol. The lowest BCUT2D eigenvalue weighted by molar-refractivity contribution is -0.139. The molecule has 0 fully saturated rings. The monoisotopic (exact) mass is 274 g/mol. The second-order valence-corrected chi connectivity index (χ2v) is 5.84. The van der Waals surface area contributed by atoms with E-state index in [-0.39, 0.29) is 6.42 Å². The Labute approximate surface area is 114 Å². The number of ketones is 1. The summed E-state index contributed by atoms with van der Waals surface area (Å²) in [7, 11) is 0. The molecule has 0 bridgehead atoms. The van der Waals surface area contributed by atoms with Gasteiger partial charge in [0, 0.05) is 12.0 Å². The van der Waals surface area contributed by atoms with E-state index in [1.165, 1.54) is 0 Å². The molecule has 0 aromatic carbocycles. The van der Waals surface area contributed by atoms with E-state index in [4.69, 9.17) is 16.6 Å². The molecule has 6 heteroatoms. The number of carboxylic acid groups (broad SMARTS) is 1. The molecular formula is C13H26N2O4. The first-order valence-electron chi connectivity index (χ1n) is 6.53. The maximum atomic E-state index is 11.8. The summed E-state index contributed by atoms with van der Waals surface area (Å²) in [6.07, 6.45) is -0.0384. The average molecular weight is 274 g/mol. The first kappa shape index (κ1) is 18.0. The molecule has 0 spiro atoms. The van der Waals surface area contributed by atoms with E-state index in [0.717, 1.165) is 6.42 Å². The lowest BCUT2D eigenvalue weighted by atomic mass is 9.84. The van der Waals surface area contributed by atoms with Crippen LogP contribution in [0, 0.1) is 5.92 Å². The maximum absolute atomic E-state index is 11.8. The number of rotatable bonds is 9. The van der Waals surface area contributed by atoms with E-state index < -0.39 is 35.9 Å². The lowest BCUT2D eigenvalue weighted by Crippen LogP contribution is -2.52. The Morgan fingerprint density at radius 2 is 1.79 bits per heavy atom. The van der Waals surface area contributed by atoms with Gasteiger partial charge < -0.3 is 21.7 Å². The molecule has 0 aliphatic carbocycles. The van der Waals surface area contributed by atoms with Crippen molar-refractivity contribution in [3.63, 3.8) is 0 Å². The van der Waals surface area contributed by atoms with Crippen LogP contribution in [0.3, 0.4) is 0 Å². The van der Waals surface area contributed by atoms with Gasteiger partial charge in [-0.15, -0.1) is 0 Å². The van der Waals surface area contributed by atoms with Gasteiger partial charge in [0.25, 0.3) is 0 Å². The molecule has 2 unspecified atom stereocenters. The number of hydrogen-bond donors (Lipinski definition) is 4. The van der Waals surface area contributed by atoms with Gasteiger partial charge in [-0.3, -0.25) is 9.59 Å². The van der Waals surface area contributed by atoms with Crippen molar-refractivity contribution < 1.29 is 19.8 Å². The number of nitrogens with two attached hydrogens (primary N) is 2. The largest absolute Gasteiger partial charge is 0.481 e. The standard InChI is InChI=1S/C13H26N2O4/c1-8(2)4-5-11(17)13(3,15)7-10(16)9(14)6-12(18)19/h8-9,11,17H,4-7,14-15H2,1-3H3,(H,18,19)/t9-,11?,13?/m1/s1. The molecule has 0 saturated heterocycles. The van der Waals surface area contributed by atoms with Gasteiger partial charge >= 0.3 is 5.97 Å². The summed E-state index contributed by atoms with van der Waals surface area (Å²) in [5.41, 5.74) is 10.3. The molecule has 0 aromatic heterocycles. The minimum Gasteiger partial charge on any atom is -0.481 e. The van der Waals surface area contributed by atoms with Crippen LogP contribution in [0.5, 0.6) is 0 Å². The molecule has 0 aliphatic heterocycles. The van der Waals surface area contributed by atoms with Crippen LogP contribution in [-0.2, 0) is 9.59 Å². The van der Waals surface area contributed by atoms with Gasteiger partial charge in [0.1, 0.15) is 0 Å². The summed E-state index contributed by atoms with van der Waals surface area (Å²) in [5, 5.41) is 18.6. The third kappa shape index (κ3) is 7.25. The Morgan fingerprint density at radius 1 is 1.26 bits per heavy atom. The highest BCUT2D eigenvalue weighted by molar-refractivity contribution is 5.88. The van der Waals surface area contributed by atoms with Crippen molar-refractivity contribution in [1.82, 2.24) is 0 Å². The quantitative estimate of drug-likeness (QED) is 0.478. The fourth-order valence-corrected chi connectivity index (χ4v) is 1.75. The van der Waals surface area contributed by atoms with Crippen LogP contribution in [0.2, 0.25) is 0 Å². The summed E-state index contributed by atoms with van der Waals surface area (Å²) in [5.74, 6) is -1.12. The smallest absolute Gasteiger partial charge is 0.305 e. The molecule has 3 atom stereocenters. The number of carbonyl (C=O) groups is 2. The Morgan fingerprint density at radius 3 is 2.21 bits per heavy atom. The third-order valence-corrected chi connectivity index (χ3v) is 3.14. The van der Waals surface area contributed by atoms with Crippen LogP contribution in [0.15, 0.2) is 0 Å². The average Bonchev–Trinajstić information content (AvgIpc) is 2.23. The number of Topliss-reactive ketones (excluding diaryl/α,β-unsaturated/α-hetero) is 1. The normalized spacial score (nSPS) is 17.8. The van der Waals surface area contributed by atoms with Crippen molar-refractivity contribution in [3.8, 4) is 0 Å². The van der Waals surface area contributed by atoms with Gasteiger partial charge in [-0.25, -0.2) is 0 Å². The minimum absolute atomic E-state index is 0.124. The van der Waals surface area contributed by atoms with Crippen LogP contribution >= 0.6 is 0 Å². The van der Waals surface area contributed by atoms with E-state index in [2.05, 4.69) is 0 Å². The zero-order chi connectivity index (χ0) is 15.2. The SMILES string of the molecule is CC(C)CCC(O)C(C)(N)CC(=O)[C@H](N)CC(=O)O. The van der Waals surface area contributed by atoms with E-state index in [0.29, 0.717) is 12.3 Å². The van der Waals surface area contributed by atoms with E-state index in [9.17, 15) is 14.7 Å². The fourth-order valence-electron chi connectivity index (χ4n) is 1.75. The summed E-state index contributed by atoms with van der Waals surface area (Å²) in [6.45, 7) is 5.66. The van der Waals surface area contributed by atoms with Gasteiger partial charge in [0.15, 0.2) is 5.78 Å². The number of carboxylic acids is 1. The maximum Gasteiger partial charge on any atom is 0.305 e. The second kappa shape index (κ2) is 7.57. The van der Waals surface area contributed by atoms with Gasteiger partial charge in [-0.1, -0.05) is 13.8 Å². The van der Waals surface area contributed by atoms with Crippen LogP contribution in [-0.4, -0.2) is 39.7 Å². The Hall–Kier alpha value is -0.980. The number of aliphatic hydroxyl groups excluding tert-OH is 1.